The van der Waals surface area contributed by atoms with Crippen molar-refractivity contribution in [1.82, 2.24) is 9.03 Å². The van der Waals surface area contributed by atoms with E-state index in [0.29, 0.717) is 32.7 Å². The Labute approximate surface area is 102 Å². The second kappa shape index (κ2) is 7.24. The van der Waals surface area contributed by atoms with E-state index in [-0.39, 0.29) is 13.2 Å². The van der Waals surface area contributed by atoms with Crippen LogP contribution in [0.1, 0.15) is 6.42 Å². The maximum atomic E-state index is 11.8. The van der Waals surface area contributed by atoms with Gasteiger partial charge >= 0.3 is 0 Å². The van der Waals surface area contributed by atoms with Gasteiger partial charge in [0.05, 0.1) is 25.9 Å². The van der Waals surface area contributed by atoms with Crippen molar-refractivity contribution in [3.63, 3.8) is 0 Å². The molecule has 0 aliphatic carbocycles. The fourth-order valence-electron chi connectivity index (χ4n) is 1.51. The fraction of sp³-hybridized carbons (Fsp3) is 1.00. The van der Waals surface area contributed by atoms with Gasteiger partial charge in [0.15, 0.2) is 0 Å². The number of nitrogens with one attached hydrogen (secondary N) is 1. The summed E-state index contributed by atoms with van der Waals surface area (Å²) in [5.41, 5.74) is 0. The molecule has 1 aliphatic heterocycles. The predicted molar refractivity (Wildman–Crippen MR) is 61.8 cm³/mol. The van der Waals surface area contributed by atoms with Crippen LogP contribution in [0.2, 0.25) is 0 Å². The number of hydrogen-bond acceptors (Lipinski definition) is 5. The summed E-state index contributed by atoms with van der Waals surface area (Å²) in [5.74, 6) is 0. The summed E-state index contributed by atoms with van der Waals surface area (Å²) >= 11 is 0. The van der Waals surface area contributed by atoms with Crippen LogP contribution < -0.4 is 4.72 Å². The Morgan fingerprint density at radius 1 is 1.47 bits per heavy atom. The van der Waals surface area contributed by atoms with Crippen molar-refractivity contribution in [2.24, 2.45) is 0 Å². The smallest absolute Gasteiger partial charge is 0.279 e. The van der Waals surface area contributed by atoms with Crippen LogP contribution in [-0.4, -0.2) is 70.5 Å². The van der Waals surface area contributed by atoms with Gasteiger partial charge in [-0.25, -0.2) is 4.72 Å². The summed E-state index contributed by atoms with van der Waals surface area (Å²) in [6.07, 6.45) is -0.315. The van der Waals surface area contributed by atoms with Crippen LogP contribution >= 0.6 is 0 Å². The lowest BCUT2D eigenvalue weighted by Crippen LogP contribution is -2.47. The number of ether oxygens (including phenoxy) is 2. The van der Waals surface area contributed by atoms with Crippen LogP contribution in [0.25, 0.3) is 0 Å². The van der Waals surface area contributed by atoms with Crippen LogP contribution in [0.15, 0.2) is 0 Å². The minimum atomic E-state index is -3.44. The second-order valence-electron chi connectivity index (χ2n) is 3.81. The highest BCUT2D eigenvalue weighted by Gasteiger charge is 2.23. The van der Waals surface area contributed by atoms with Gasteiger partial charge in [0.1, 0.15) is 0 Å². The zero-order valence-corrected chi connectivity index (χ0v) is 10.8. The third kappa shape index (κ3) is 5.28. The molecule has 1 heterocycles. The maximum absolute atomic E-state index is 11.8. The van der Waals surface area contributed by atoms with E-state index in [4.69, 9.17) is 9.47 Å². The highest BCUT2D eigenvalue weighted by Crippen LogP contribution is 2.03. The van der Waals surface area contributed by atoms with Crippen molar-refractivity contribution in [2.75, 3.05) is 46.6 Å². The van der Waals surface area contributed by atoms with Crippen molar-refractivity contribution >= 4 is 10.2 Å². The lowest BCUT2D eigenvalue weighted by atomic mass is 10.3. The minimum absolute atomic E-state index is 0.199. The molecular formula is C9H20N2O5S. The van der Waals surface area contributed by atoms with Gasteiger partial charge in [0.25, 0.3) is 10.2 Å². The highest BCUT2D eigenvalue weighted by molar-refractivity contribution is 7.87. The first kappa shape index (κ1) is 14.8. The van der Waals surface area contributed by atoms with E-state index < -0.39 is 16.3 Å². The summed E-state index contributed by atoms with van der Waals surface area (Å²) in [6, 6.07) is 0. The minimum Gasteiger partial charge on any atom is -0.391 e. The number of methoxy groups -OCH3 is 1. The predicted octanol–water partition coefficient (Wildman–Crippen LogP) is -1.45. The average molecular weight is 268 g/mol. The van der Waals surface area contributed by atoms with Crippen LogP contribution in [0.3, 0.4) is 0 Å². The highest BCUT2D eigenvalue weighted by atomic mass is 32.2. The molecule has 1 atom stereocenters. The van der Waals surface area contributed by atoms with Gasteiger partial charge in [-0.2, -0.15) is 12.7 Å². The number of nitrogens with zero attached hydrogens (tertiary/aromatic N) is 1. The third-order valence-corrected chi connectivity index (χ3v) is 4.04. The summed E-state index contributed by atoms with van der Waals surface area (Å²) in [7, 11) is -1.96. The number of rotatable bonds is 7. The average Bonchev–Trinajstić information content (AvgIpc) is 2.30. The van der Waals surface area contributed by atoms with Gasteiger partial charge in [-0.1, -0.05) is 0 Å². The molecule has 0 radical (unpaired) electrons. The molecular weight excluding hydrogens is 248 g/mol. The first-order chi connectivity index (χ1) is 8.06. The Bertz CT molecular complexity index is 303. The zero-order valence-electron chi connectivity index (χ0n) is 9.96. The number of aliphatic hydroxyl groups is 1. The van der Waals surface area contributed by atoms with Crippen molar-refractivity contribution in [2.45, 2.75) is 12.5 Å². The molecule has 0 amide bonds. The number of morpholine rings is 1. The monoisotopic (exact) mass is 268 g/mol. The normalized spacial score (nSPS) is 20.4. The molecule has 0 aromatic carbocycles. The van der Waals surface area contributed by atoms with E-state index in [1.54, 1.807) is 0 Å². The van der Waals surface area contributed by atoms with Gasteiger partial charge in [-0.15, -0.1) is 0 Å². The van der Waals surface area contributed by atoms with Crippen LogP contribution in [0.4, 0.5) is 0 Å². The largest absolute Gasteiger partial charge is 0.391 e. The van der Waals surface area contributed by atoms with Crippen LogP contribution in [0, 0.1) is 0 Å². The summed E-state index contributed by atoms with van der Waals surface area (Å²) < 4.78 is 37.2. The molecule has 1 unspecified atom stereocenters. The molecule has 1 aliphatic rings. The maximum Gasteiger partial charge on any atom is 0.279 e. The molecule has 1 saturated heterocycles. The molecule has 0 saturated carbocycles. The van der Waals surface area contributed by atoms with Crippen molar-refractivity contribution in [3.8, 4) is 0 Å². The zero-order chi connectivity index (χ0) is 12.7. The SMILES string of the molecule is COCC(O)CCNS(=O)(=O)N1CCOCC1. The third-order valence-electron chi connectivity index (χ3n) is 2.43. The number of aliphatic hydroxyl groups excluding tert-OH is 1. The summed E-state index contributed by atoms with van der Waals surface area (Å²) in [5, 5.41) is 9.36. The van der Waals surface area contributed by atoms with E-state index in [1.807, 2.05) is 0 Å². The molecule has 1 fully saturated rings. The Morgan fingerprint density at radius 3 is 2.71 bits per heavy atom. The Kier molecular flexibility index (Phi) is 6.31. The molecule has 1 rings (SSSR count). The molecule has 0 spiro atoms. The van der Waals surface area contributed by atoms with E-state index in [0.717, 1.165) is 0 Å². The van der Waals surface area contributed by atoms with E-state index in [2.05, 4.69) is 4.72 Å². The summed E-state index contributed by atoms with van der Waals surface area (Å²) in [6.45, 7) is 2.00. The first-order valence-corrected chi connectivity index (χ1v) is 7.00. The Balaban J connectivity index is 2.29. The van der Waals surface area contributed by atoms with Crippen molar-refractivity contribution < 1.29 is 23.0 Å². The van der Waals surface area contributed by atoms with E-state index in [1.165, 1.54) is 11.4 Å². The topological polar surface area (TPSA) is 88.1 Å². The lowest BCUT2D eigenvalue weighted by Gasteiger charge is -2.26. The molecule has 0 bridgehead atoms. The Morgan fingerprint density at radius 2 is 2.12 bits per heavy atom. The summed E-state index contributed by atoms with van der Waals surface area (Å²) in [4.78, 5) is 0. The molecule has 0 aromatic rings. The van der Waals surface area contributed by atoms with Gasteiger partial charge in [0.2, 0.25) is 0 Å². The molecule has 17 heavy (non-hydrogen) atoms. The van der Waals surface area contributed by atoms with Gasteiger partial charge < -0.3 is 14.6 Å². The molecule has 2 N–H and O–H groups in total. The quantitative estimate of drug-likeness (QED) is 0.590. The van der Waals surface area contributed by atoms with Crippen molar-refractivity contribution in [1.29, 1.82) is 0 Å². The molecule has 102 valence electrons. The molecule has 0 aromatic heterocycles. The van der Waals surface area contributed by atoms with Gasteiger partial charge in [-0.3, -0.25) is 0 Å². The molecule has 8 heteroatoms. The van der Waals surface area contributed by atoms with Crippen molar-refractivity contribution in [3.05, 3.63) is 0 Å². The van der Waals surface area contributed by atoms with E-state index >= 15 is 0 Å². The van der Waals surface area contributed by atoms with Gasteiger partial charge in [-0.05, 0) is 6.42 Å². The Hall–Kier alpha value is -0.250. The van der Waals surface area contributed by atoms with Crippen LogP contribution in [-0.2, 0) is 19.7 Å². The molecule has 7 nitrogen and oxygen atoms in total. The first-order valence-electron chi connectivity index (χ1n) is 5.56. The van der Waals surface area contributed by atoms with E-state index in [9.17, 15) is 13.5 Å². The fourth-order valence-corrected chi connectivity index (χ4v) is 2.70. The number of hydrogen-bond donors (Lipinski definition) is 2. The van der Waals surface area contributed by atoms with Crippen LogP contribution in [0.5, 0.6) is 0 Å². The lowest BCUT2D eigenvalue weighted by molar-refractivity contribution is 0.0597. The van der Waals surface area contributed by atoms with Gasteiger partial charge in [0, 0.05) is 26.7 Å². The second-order valence-corrected chi connectivity index (χ2v) is 5.56. The standard InChI is InChI=1S/C9H20N2O5S/c1-15-8-9(12)2-3-10-17(13,14)11-4-6-16-7-5-11/h9-10,12H,2-8H2,1H3.